The minimum Gasteiger partial charge on any atom is -0.395 e. The highest BCUT2D eigenvalue weighted by Crippen LogP contribution is 2.59. The molecule has 0 saturated carbocycles. The smallest absolute Gasteiger partial charge is 0.195 e. The molecule has 0 unspecified atom stereocenters. The predicted molar refractivity (Wildman–Crippen MR) is 393 cm³/mol. The molecule has 6 aromatic heterocycles. The monoisotopic (exact) mass is 1430 g/mol. The highest BCUT2D eigenvalue weighted by Gasteiger charge is 2.42. The molecule has 0 bridgehead atoms. The first kappa shape index (κ1) is 76.2. The number of hydrogen-bond acceptors (Lipinski definition) is 23. The number of rotatable bonds is 39. The number of hydrogen-bond donors (Lipinski definition) is 1. The highest BCUT2D eigenvalue weighted by atomic mass is 32.1. The first-order valence-corrected chi connectivity index (χ1v) is 37.0. The van der Waals surface area contributed by atoms with Crippen LogP contribution in [0.3, 0.4) is 0 Å². The van der Waals surface area contributed by atoms with Gasteiger partial charge in [0, 0.05) is 90.8 Å². The van der Waals surface area contributed by atoms with Crippen LogP contribution in [-0.2, 0) is 63.6 Å². The zero-order valence-electron chi connectivity index (χ0n) is 57.1. The zero-order valence-corrected chi connectivity index (χ0v) is 62.0. The Balaban J connectivity index is 0.000000196. The number of methoxy groups -OCH3 is 2. The minimum atomic E-state index is -0.107. The molecule has 0 saturated heterocycles. The molecule has 518 valence electrons. The second-order valence-corrected chi connectivity index (χ2v) is 30.8. The van der Waals surface area contributed by atoms with E-state index in [2.05, 4.69) is 106 Å². The fourth-order valence-electron chi connectivity index (χ4n) is 11.1. The van der Waals surface area contributed by atoms with Crippen molar-refractivity contribution in [2.75, 3.05) is 195 Å². The van der Waals surface area contributed by atoms with Gasteiger partial charge in [-0.2, -0.15) is 5.26 Å². The van der Waals surface area contributed by atoms with E-state index < -0.39 is 0 Å². The number of carbonyl (C=O) groups excluding carboxylic acids is 2. The Bertz CT molecular complexity index is 3730. The number of aliphatic hydroxyl groups excluding tert-OH is 1. The van der Waals surface area contributed by atoms with Gasteiger partial charge in [-0.25, -0.2) is 4.85 Å². The Kier molecular flexibility index (Phi) is 29.4. The molecule has 7 aromatic rings. The van der Waals surface area contributed by atoms with Gasteiger partial charge >= 0.3 is 0 Å². The third kappa shape index (κ3) is 19.2. The lowest BCUT2D eigenvalue weighted by molar-refractivity contribution is -0.00719. The molecule has 3 aliphatic carbocycles. The fraction of sp³-hybridized carbons (Fsp3) is 0.500. The normalized spacial score (nSPS) is 13.9. The van der Waals surface area contributed by atoms with Crippen LogP contribution in [-0.4, -0.2) is 198 Å². The minimum absolute atomic E-state index is 0.0444. The number of anilines is 3. The van der Waals surface area contributed by atoms with Gasteiger partial charge in [0.1, 0.15) is 0 Å². The van der Waals surface area contributed by atoms with E-state index in [9.17, 15) is 9.59 Å². The molecule has 0 atom stereocenters. The highest BCUT2D eigenvalue weighted by molar-refractivity contribution is 7.26. The van der Waals surface area contributed by atoms with Crippen molar-refractivity contribution in [3.05, 3.63) is 131 Å². The number of nitriles is 1. The van der Waals surface area contributed by atoms with Gasteiger partial charge in [-0.15, -0.1) is 68.0 Å². The first-order chi connectivity index (χ1) is 46.4. The van der Waals surface area contributed by atoms with Gasteiger partial charge in [0.25, 0.3) is 0 Å². The average molecular weight is 1430 g/mol. The maximum absolute atomic E-state index is 11.2. The molecule has 6 heterocycles. The predicted octanol–water partition coefficient (Wildman–Crippen LogP) is 14.0. The molecule has 0 aliphatic heterocycles. The molecule has 0 fully saturated rings. The summed E-state index contributed by atoms with van der Waals surface area (Å²) in [6, 6.07) is 22.4. The van der Waals surface area contributed by atoms with Crippen LogP contribution in [0.2, 0.25) is 0 Å². The van der Waals surface area contributed by atoms with Crippen LogP contribution >= 0.6 is 68.0 Å². The lowest BCUT2D eigenvalue weighted by atomic mass is 9.84. The van der Waals surface area contributed by atoms with Crippen molar-refractivity contribution in [2.45, 2.75) is 57.8 Å². The van der Waals surface area contributed by atoms with Crippen molar-refractivity contribution in [3.8, 4) is 35.3 Å². The van der Waals surface area contributed by atoms with E-state index in [1.54, 1.807) is 83.0 Å². The number of ether oxygens (including phenoxy) is 10. The Hall–Kier alpha value is -5.56. The molecule has 10 rings (SSSR count). The molecule has 18 nitrogen and oxygen atoms in total. The standard InChI is InChI=1S/C33H39N3O5S2.C24H35NO6S2.C15H17NO2S2/c1-33(2)27-20-26(21-29(35-3)25-8-6-24(23-34)7-9-25)42-31(27)32-28(33)22-30(43-32)36(4)10-11-38-14-15-40-18-19-41-17-16-39-13-12-37-5;1-24(2)19-15-18(17-26)32-22(19)23-20(24)16-21(33-23)25(3)5-6-28-9-10-30-13-14-31-12-11-29-8-7-27-4;1-15(2)10-6-9(8-18)19-13(10)14-11(15)7-12(20-14)16(3)4-5-17/h6-9,20-22H,10-19H2,1-2,4-5H3;15-17H,5-14H2,1-4H3;6-8,17H,4-5H2,1-3H3/b29-21-;;. The summed E-state index contributed by atoms with van der Waals surface area (Å²) >= 11 is 10.3. The number of thiophene rings is 6. The molecule has 3 aliphatic rings. The van der Waals surface area contributed by atoms with Crippen LogP contribution in [0, 0.1) is 17.9 Å². The summed E-state index contributed by atoms with van der Waals surface area (Å²) in [5, 5.41) is 21.8. The summed E-state index contributed by atoms with van der Waals surface area (Å²) in [6.07, 6.45) is 3.85. The molecule has 0 radical (unpaired) electrons. The maximum atomic E-state index is 11.2. The third-order valence-electron chi connectivity index (χ3n) is 16.8. The van der Waals surface area contributed by atoms with Gasteiger partial charge in [-0.05, 0) is 93.6 Å². The van der Waals surface area contributed by atoms with Crippen molar-refractivity contribution >= 4 is 107 Å². The van der Waals surface area contributed by atoms with Crippen molar-refractivity contribution in [2.24, 2.45) is 0 Å². The molecular weight excluding hydrogens is 1340 g/mol. The maximum Gasteiger partial charge on any atom is 0.195 e. The van der Waals surface area contributed by atoms with Crippen LogP contribution < -0.4 is 14.7 Å². The van der Waals surface area contributed by atoms with Crippen molar-refractivity contribution in [1.29, 1.82) is 5.26 Å². The number of fused-ring (bicyclic) bond motifs is 9. The number of likely N-dealkylation sites (N-methyl/N-ethyl adjacent to an activating group) is 3. The Labute approximate surface area is 590 Å². The molecule has 0 spiro atoms. The van der Waals surface area contributed by atoms with E-state index in [4.69, 9.17) is 64.3 Å². The van der Waals surface area contributed by atoms with Gasteiger partial charge in [0.05, 0.1) is 183 Å². The zero-order chi connectivity index (χ0) is 68.8. The van der Waals surface area contributed by atoms with E-state index >= 15 is 0 Å². The Morgan fingerprint density at radius 1 is 0.458 bits per heavy atom. The Morgan fingerprint density at radius 2 is 0.750 bits per heavy atom. The summed E-state index contributed by atoms with van der Waals surface area (Å²) in [4.78, 5) is 42.9. The molecule has 1 aromatic carbocycles. The van der Waals surface area contributed by atoms with Gasteiger partial charge in [-0.1, -0.05) is 53.7 Å². The third-order valence-corrected chi connectivity index (χ3v) is 24.3. The number of nitrogens with zero attached hydrogens (tertiary/aromatic N) is 5. The molecule has 24 heteroatoms. The van der Waals surface area contributed by atoms with Crippen molar-refractivity contribution in [3.63, 3.8) is 0 Å². The number of aldehydes is 2. The molecule has 0 amide bonds. The number of carbonyl (C=O) groups is 2. The van der Waals surface area contributed by atoms with Crippen LogP contribution in [0.1, 0.15) is 110 Å². The topological polar surface area (TPSA) is 185 Å². The van der Waals surface area contributed by atoms with Crippen molar-refractivity contribution < 1.29 is 62.1 Å². The molecular formula is C72H91N5O13S6. The van der Waals surface area contributed by atoms with Crippen LogP contribution in [0.4, 0.5) is 15.0 Å². The van der Waals surface area contributed by atoms with Gasteiger partial charge in [0.2, 0.25) is 0 Å². The van der Waals surface area contributed by atoms with Crippen LogP contribution in [0.5, 0.6) is 0 Å². The van der Waals surface area contributed by atoms with Crippen LogP contribution in [0.15, 0.2) is 60.7 Å². The summed E-state index contributed by atoms with van der Waals surface area (Å²) < 4.78 is 54.1. The SMILES string of the molecule is CN(CCO)c1cc2c(s1)-c1sc(C=O)cc1C2(C)C.COCCOCCOCCOCCOCCN(C)c1cc2c(s1)-c1sc(C=O)cc1C2(C)C.[C-]#[N+]/C(=C\c1cc2c(s1)-c1sc(N(C)CCOCCOCCOCCOCCOC)cc1C2(C)C)c1ccc(C#N)cc1. The van der Waals surface area contributed by atoms with E-state index in [1.807, 2.05) is 48.7 Å². The summed E-state index contributed by atoms with van der Waals surface area (Å²) in [5.41, 5.74) is 9.66. The van der Waals surface area contributed by atoms with Crippen LogP contribution in [0.25, 0.3) is 45.9 Å². The lowest BCUT2D eigenvalue weighted by Gasteiger charge is -2.20. The quantitative estimate of drug-likeness (QED) is 0.0218. The van der Waals surface area contributed by atoms with Gasteiger partial charge in [-0.3, -0.25) is 9.59 Å². The summed E-state index contributed by atoms with van der Waals surface area (Å²) in [7, 11) is 9.50. The van der Waals surface area contributed by atoms with Gasteiger partial charge in [0.15, 0.2) is 18.3 Å². The largest absolute Gasteiger partial charge is 0.395 e. The molecule has 96 heavy (non-hydrogen) atoms. The van der Waals surface area contributed by atoms with E-state index in [-0.39, 0.29) is 22.9 Å². The van der Waals surface area contributed by atoms with E-state index in [0.717, 1.165) is 45.9 Å². The summed E-state index contributed by atoms with van der Waals surface area (Å²) in [6.45, 7) is 33.8. The van der Waals surface area contributed by atoms with Crippen molar-refractivity contribution in [1.82, 2.24) is 0 Å². The fourth-order valence-corrected chi connectivity index (χ4v) is 19.0. The molecule has 1 N–H and O–H groups in total. The summed E-state index contributed by atoms with van der Waals surface area (Å²) in [5.74, 6) is 0. The second-order valence-electron chi connectivity index (χ2n) is 24.5. The first-order valence-electron chi connectivity index (χ1n) is 32.1. The number of aliphatic hydroxyl groups is 1. The number of benzene rings is 1. The van der Waals surface area contributed by atoms with E-state index in [0.29, 0.717) is 137 Å². The second kappa shape index (κ2) is 37.0. The van der Waals surface area contributed by atoms with E-state index in [1.165, 1.54) is 77.6 Å². The van der Waals surface area contributed by atoms with Gasteiger partial charge < -0.3 is 67.2 Å². The lowest BCUT2D eigenvalue weighted by Crippen LogP contribution is -2.23. The Morgan fingerprint density at radius 3 is 1.06 bits per heavy atom. The average Bonchev–Trinajstić information content (AvgIpc) is 1.59.